The van der Waals surface area contributed by atoms with E-state index in [0.717, 1.165) is 35.2 Å². The number of halogens is 2. The second-order valence-corrected chi connectivity index (χ2v) is 7.64. The largest absolute Gasteiger partial charge is 0.377 e. The van der Waals surface area contributed by atoms with Crippen molar-refractivity contribution < 1.29 is 4.79 Å². The highest BCUT2D eigenvalue weighted by Crippen LogP contribution is 2.37. The number of rotatable bonds is 4. The van der Waals surface area contributed by atoms with Crippen LogP contribution < -0.4 is 5.32 Å². The van der Waals surface area contributed by atoms with E-state index in [1.54, 1.807) is 12.1 Å². The number of carbonyl (C=O) groups is 1. The first-order valence-electron chi connectivity index (χ1n) is 9.02. The molecule has 3 aromatic rings. The number of ketones is 1. The number of nitrogens with one attached hydrogen (secondary N) is 1. The van der Waals surface area contributed by atoms with Crippen molar-refractivity contribution in [2.45, 2.75) is 18.9 Å². The Balaban J connectivity index is 1.71. The Morgan fingerprint density at radius 2 is 1.63 bits per heavy atom. The van der Waals surface area contributed by atoms with Crippen molar-refractivity contribution in [2.75, 3.05) is 5.32 Å². The van der Waals surface area contributed by atoms with Gasteiger partial charge in [-0.1, -0.05) is 77.8 Å². The van der Waals surface area contributed by atoms with E-state index in [1.807, 2.05) is 48.5 Å². The second-order valence-electron chi connectivity index (χ2n) is 6.83. The summed E-state index contributed by atoms with van der Waals surface area (Å²) in [6, 6.07) is 23.4. The molecular formula is C23H19Cl2NO. The smallest absolute Gasteiger partial charge is 0.168 e. The molecule has 0 bridgehead atoms. The lowest BCUT2D eigenvalue weighted by molar-refractivity contribution is 0.0886. The topological polar surface area (TPSA) is 29.1 Å². The maximum atomic E-state index is 13.3. The third kappa shape index (κ3) is 3.73. The summed E-state index contributed by atoms with van der Waals surface area (Å²) in [5, 5.41) is 4.54. The summed E-state index contributed by atoms with van der Waals surface area (Å²) in [7, 11) is 0. The Labute approximate surface area is 169 Å². The van der Waals surface area contributed by atoms with Crippen LogP contribution in [0.1, 0.15) is 33.9 Å². The van der Waals surface area contributed by atoms with Gasteiger partial charge in [0.15, 0.2) is 5.78 Å². The van der Waals surface area contributed by atoms with Gasteiger partial charge in [0, 0.05) is 17.2 Å². The third-order valence-electron chi connectivity index (χ3n) is 5.15. The van der Waals surface area contributed by atoms with E-state index in [1.165, 1.54) is 0 Å². The van der Waals surface area contributed by atoms with Crippen molar-refractivity contribution in [3.05, 3.63) is 99.5 Å². The minimum atomic E-state index is -0.142. The zero-order valence-electron chi connectivity index (χ0n) is 14.7. The molecule has 0 aliphatic heterocycles. The monoisotopic (exact) mass is 395 g/mol. The van der Waals surface area contributed by atoms with E-state index in [-0.39, 0.29) is 17.7 Å². The van der Waals surface area contributed by atoms with Gasteiger partial charge in [-0.05, 0) is 42.2 Å². The number of hydrogen-bond donors (Lipinski definition) is 1. The molecule has 0 amide bonds. The molecule has 2 nitrogen and oxygen atoms in total. The summed E-state index contributed by atoms with van der Waals surface area (Å²) in [6.45, 7) is 0. The van der Waals surface area contributed by atoms with Gasteiger partial charge in [-0.15, -0.1) is 0 Å². The van der Waals surface area contributed by atoms with Crippen molar-refractivity contribution >= 4 is 34.7 Å². The Hall–Kier alpha value is -2.29. The molecule has 0 saturated carbocycles. The highest BCUT2D eigenvalue weighted by atomic mass is 35.5. The Bertz CT molecular complexity index is 971. The van der Waals surface area contributed by atoms with Crippen molar-refractivity contribution in [1.29, 1.82) is 0 Å². The molecule has 1 aliphatic carbocycles. The zero-order chi connectivity index (χ0) is 18.8. The quantitative estimate of drug-likeness (QED) is 0.539. The van der Waals surface area contributed by atoms with E-state index in [9.17, 15) is 4.79 Å². The number of carbonyl (C=O) groups excluding carboxylic acids is 1. The van der Waals surface area contributed by atoms with Gasteiger partial charge in [-0.25, -0.2) is 0 Å². The number of Topliss-reactive ketones (excluding diaryl/α,β-unsaturated/α-hetero) is 1. The van der Waals surface area contributed by atoms with E-state index < -0.39 is 0 Å². The molecule has 0 saturated heterocycles. The van der Waals surface area contributed by atoms with E-state index in [0.29, 0.717) is 10.0 Å². The summed E-state index contributed by atoms with van der Waals surface area (Å²) in [4.78, 5) is 13.3. The van der Waals surface area contributed by atoms with Crippen LogP contribution >= 0.6 is 23.2 Å². The van der Waals surface area contributed by atoms with Gasteiger partial charge in [-0.2, -0.15) is 0 Å². The molecule has 4 heteroatoms. The van der Waals surface area contributed by atoms with Gasteiger partial charge < -0.3 is 5.32 Å². The molecule has 3 aromatic carbocycles. The van der Waals surface area contributed by atoms with E-state index in [2.05, 4.69) is 17.4 Å². The molecule has 1 N–H and O–H groups in total. The maximum Gasteiger partial charge on any atom is 0.168 e. The fourth-order valence-corrected chi connectivity index (χ4v) is 4.08. The number of hydrogen-bond acceptors (Lipinski definition) is 2. The fraction of sp³-hybridized carbons (Fsp3) is 0.174. The average Bonchev–Trinajstić information content (AvgIpc) is 2.70. The molecule has 2 atom stereocenters. The van der Waals surface area contributed by atoms with Crippen molar-refractivity contribution in [2.24, 2.45) is 5.92 Å². The summed E-state index contributed by atoms with van der Waals surface area (Å²) < 4.78 is 0. The lowest BCUT2D eigenvalue weighted by Gasteiger charge is -2.32. The molecule has 0 radical (unpaired) electrons. The highest BCUT2D eigenvalue weighted by molar-refractivity contribution is 6.42. The Kier molecular flexibility index (Phi) is 5.20. The molecule has 1 aliphatic rings. The third-order valence-corrected chi connectivity index (χ3v) is 5.89. The first kappa shape index (κ1) is 18.1. The molecule has 0 spiro atoms. The van der Waals surface area contributed by atoms with Gasteiger partial charge >= 0.3 is 0 Å². The number of benzene rings is 3. The van der Waals surface area contributed by atoms with Crippen molar-refractivity contribution in [1.82, 2.24) is 0 Å². The molecule has 136 valence electrons. The van der Waals surface area contributed by atoms with Gasteiger partial charge in [-0.3, -0.25) is 4.79 Å². The SMILES string of the molecule is O=C1c2ccccc2CCC1C(Nc1ccc(Cl)c(Cl)c1)c1ccccc1. The summed E-state index contributed by atoms with van der Waals surface area (Å²) >= 11 is 12.2. The van der Waals surface area contributed by atoms with Crippen LogP contribution in [-0.4, -0.2) is 5.78 Å². The minimum absolute atomic E-state index is 0.135. The van der Waals surface area contributed by atoms with E-state index in [4.69, 9.17) is 23.2 Å². The van der Waals surface area contributed by atoms with Crippen LogP contribution in [0.15, 0.2) is 72.8 Å². The van der Waals surface area contributed by atoms with Crippen LogP contribution in [0.3, 0.4) is 0 Å². The molecule has 4 rings (SSSR count). The average molecular weight is 396 g/mol. The van der Waals surface area contributed by atoms with Gasteiger partial charge in [0.2, 0.25) is 0 Å². The van der Waals surface area contributed by atoms with Crippen LogP contribution in [0.5, 0.6) is 0 Å². The summed E-state index contributed by atoms with van der Waals surface area (Å²) in [6.07, 6.45) is 1.71. The first-order chi connectivity index (χ1) is 13.1. The Morgan fingerprint density at radius 1 is 0.889 bits per heavy atom. The lowest BCUT2D eigenvalue weighted by Crippen LogP contribution is -2.32. The van der Waals surface area contributed by atoms with Crippen LogP contribution in [0.25, 0.3) is 0 Å². The van der Waals surface area contributed by atoms with Crippen molar-refractivity contribution in [3.8, 4) is 0 Å². The second kappa shape index (κ2) is 7.75. The first-order valence-corrected chi connectivity index (χ1v) is 9.78. The van der Waals surface area contributed by atoms with Gasteiger partial charge in [0.25, 0.3) is 0 Å². The van der Waals surface area contributed by atoms with Crippen molar-refractivity contribution in [3.63, 3.8) is 0 Å². The lowest BCUT2D eigenvalue weighted by atomic mass is 9.77. The standard InChI is InChI=1S/C23H19Cl2NO/c24-20-13-11-17(14-21(20)25)26-22(16-7-2-1-3-8-16)19-12-10-15-6-4-5-9-18(15)23(19)27/h1-9,11,13-14,19,22,26H,10,12H2. The van der Waals surface area contributed by atoms with Crippen LogP contribution in [0.2, 0.25) is 10.0 Å². The Morgan fingerprint density at radius 3 is 2.41 bits per heavy atom. The number of anilines is 1. The summed E-state index contributed by atoms with van der Waals surface area (Å²) in [5.74, 6) is 0.0509. The van der Waals surface area contributed by atoms with Gasteiger partial charge in [0.05, 0.1) is 16.1 Å². The maximum absolute atomic E-state index is 13.3. The highest BCUT2D eigenvalue weighted by Gasteiger charge is 2.34. The van der Waals surface area contributed by atoms with E-state index >= 15 is 0 Å². The molecule has 0 aromatic heterocycles. The van der Waals surface area contributed by atoms with Gasteiger partial charge in [0.1, 0.15) is 0 Å². The molecule has 27 heavy (non-hydrogen) atoms. The zero-order valence-corrected chi connectivity index (χ0v) is 16.2. The predicted octanol–water partition coefficient (Wildman–Crippen LogP) is 6.59. The van der Waals surface area contributed by atoms with Crippen LogP contribution in [0.4, 0.5) is 5.69 Å². The summed E-state index contributed by atoms with van der Waals surface area (Å²) in [5.41, 5.74) is 3.91. The number of aryl methyl sites for hydroxylation is 1. The molecule has 0 heterocycles. The minimum Gasteiger partial charge on any atom is -0.377 e. The normalized spacial score (nSPS) is 17.3. The molecule has 2 unspecified atom stereocenters. The number of fused-ring (bicyclic) bond motifs is 1. The van der Waals surface area contributed by atoms with Crippen LogP contribution in [0, 0.1) is 5.92 Å². The molecule has 0 fully saturated rings. The molecular weight excluding hydrogens is 377 g/mol. The fourth-order valence-electron chi connectivity index (χ4n) is 3.78. The van der Waals surface area contributed by atoms with Crippen LogP contribution in [-0.2, 0) is 6.42 Å². The predicted molar refractivity (Wildman–Crippen MR) is 112 cm³/mol.